The van der Waals surface area contributed by atoms with E-state index in [2.05, 4.69) is 6.07 Å². The second-order valence-electron chi connectivity index (χ2n) is 4.47. The van der Waals surface area contributed by atoms with E-state index in [1.165, 1.54) is 24.2 Å². The number of hydrogen-bond donors (Lipinski definition) is 1. The maximum absolute atomic E-state index is 10.3. The summed E-state index contributed by atoms with van der Waals surface area (Å²) in [6, 6.07) is 2.16. The third-order valence-electron chi connectivity index (χ3n) is 3.11. The molecule has 2 rings (SSSR count). The molecule has 0 saturated carbocycles. The first-order valence-electron chi connectivity index (χ1n) is 6.08. The van der Waals surface area contributed by atoms with Crippen molar-refractivity contribution < 1.29 is 14.3 Å². The molecule has 1 heterocycles. The van der Waals surface area contributed by atoms with Crippen molar-refractivity contribution in [3.8, 4) is 0 Å². The fourth-order valence-electron chi connectivity index (χ4n) is 2.25. The normalized spacial score (nSPS) is 14.8. The van der Waals surface area contributed by atoms with Crippen molar-refractivity contribution in [1.82, 2.24) is 0 Å². The standard InChI is InChI=1S/C13H18O3/c14-13(15)8-4-2-6-11-9-10-5-1-3-7-12(10)16-11/h9H,1-8H2,(H,14,15). The number of fused-ring (bicyclic) bond motifs is 1. The average Bonchev–Trinajstić information content (AvgIpc) is 2.66. The van der Waals surface area contributed by atoms with Crippen LogP contribution in [-0.2, 0) is 24.1 Å². The van der Waals surface area contributed by atoms with Gasteiger partial charge in [-0.2, -0.15) is 0 Å². The molecule has 0 aromatic carbocycles. The predicted octanol–water partition coefficient (Wildman–Crippen LogP) is 2.96. The largest absolute Gasteiger partial charge is 0.481 e. The molecular weight excluding hydrogens is 204 g/mol. The van der Waals surface area contributed by atoms with Crippen LogP contribution in [0.15, 0.2) is 10.5 Å². The Kier molecular flexibility index (Phi) is 3.65. The zero-order valence-electron chi connectivity index (χ0n) is 9.50. The highest BCUT2D eigenvalue weighted by Crippen LogP contribution is 2.25. The fraction of sp³-hybridized carbons (Fsp3) is 0.615. The Hall–Kier alpha value is -1.25. The molecule has 0 radical (unpaired) electrons. The van der Waals surface area contributed by atoms with Gasteiger partial charge in [-0.1, -0.05) is 0 Å². The van der Waals surface area contributed by atoms with Gasteiger partial charge in [0, 0.05) is 19.3 Å². The van der Waals surface area contributed by atoms with E-state index in [4.69, 9.17) is 9.52 Å². The summed E-state index contributed by atoms with van der Waals surface area (Å²) in [7, 11) is 0. The lowest BCUT2D eigenvalue weighted by Crippen LogP contribution is -1.97. The molecule has 0 atom stereocenters. The summed E-state index contributed by atoms with van der Waals surface area (Å²) in [6.45, 7) is 0. The van der Waals surface area contributed by atoms with Crippen molar-refractivity contribution in [3.63, 3.8) is 0 Å². The zero-order chi connectivity index (χ0) is 11.4. The summed E-state index contributed by atoms with van der Waals surface area (Å²) < 4.78 is 5.77. The van der Waals surface area contributed by atoms with Gasteiger partial charge >= 0.3 is 5.97 Å². The van der Waals surface area contributed by atoms with Crippen LogP contribution in [0.5, 0.6) is 0 Å². The zero-order valence-corrected chi connectivity index (χ0v) is 9.50. The van der Waals surface area contributed by atoms with Gasteiger partial charge in [0.15, 0.2) is 0 Å². The summed E-state index contributed by atoms with van der Waals surface area (Å²) >= 11 is 0. The number of carbonyl (C=O) groups is 1. The van der Waals surface area contributed by atoms with E-state index in [1.54, 1.807) is 0 Å². The summed E-state index contributed by atoms with van der Waals surface area (Å²) in [5, 5.41) is 8.52. The molecule has 0 spiro atoms. The van der Waals surface area contributed by atoms with E-state index in [0.29, 0.717) is 0 Å². The smallest absolute Gasteiger partial charge is 0.303 e. The number of carboxylic acids is 1. The summed E-state index contributed by atoms with van der Waals surface area (Å²) in [4.78, 5) is 10.3. The molecule has 88 valence electrons. The Morgan fingerprint density at radius 2 is 2.12 bits per heavy atom. The van der Waals surface area contributed by atoms with Gasteiger partial charge < -0.3 is 9.52 Å². The third-order valence-corrected chi connectivity index (χ3v) is 3.11. The lowest BCUT2D eigenvalue weighted by Gasteiger charge is -2.07. The van der Waals surface area contributed by atoms with Gasteiger partial charge in [0.05, 0.1) is 0 Å². The van der Waals surface area contributed by atoms with Crippen molar-refractivity contribution in [3.05, 3.63) is 23.2 Å². The Bertz CT molecular complexity index is 342. The number of hydrogen-bond acceptors (Lipinski definition) is 2. The summed E-state index contributed by atoms with van der Waals surface area (Å²) in [5.41, 5.74) is 1.37. The second-order valence-corrected chi connectivity index (χ2v) is 4.47. The van der Waals surface area contributed by atoms with E-state index in [9.17, 15) is 4.79 Å². The quantitative estimate of drug-likeness (QED) is 0.779. The highest BCUT2D eigenvalue weighted by Gasteiger charge is 2.14. The minimum atomic E-state index is -0.710. The lowest BCUT2D eigenvalue weighted by atomic mass is 9.98. The maximum Gasteiger partial charge on any atom is 0.303 e. The minimum Gasteiger partial charge on any atom is -0.481 e. The Balaban J connectivity index is 1.81. The molecule has 0 unspecified atom stereocenters. The first-order valence-corrected chi connectivity index (χ1v) is 6.08. The van der Waals surface area contributed by atoms with Crippen molar-refractivity contribution in [2.24, 2.45) is 0 Å². The average molecular weight is 222 g/mol. The second kappa shape index (κ2) is 5.19. The predicted molar refractivity (Wildman–Crippen MR) is 60.5 cm³/mol. The number of aliphatic carboxylic acids is 1. The van der Waals surface area contributed by atoms with Gasteiger partial charge in [0.1, 0.15) is 11.5 Å². The topological polar surface area (TPSA) is 50.4 Å². The van der Waals surface area contributed by atoms with Gasteiger partial charge in [-0.3, -0.25) is 4.79 Å². The van der Waals surface area contributed by atoms with E-state index >= 15 is 0 Å². The van der Waals surface area contributed by atoms with Crippen LogP contribution in [0.2, 0.25) is 0 Å². The SMILES string of the molecule is O=C(O)CCCCc1cc2c(o1)CCCC2. The Morgan fingerprint density at radius 3 is 2.88 bits per heavy atom. The van der Waals surface area contributed by atoms with Crippen LogP contribution in [0.4, 0.5) is 0 Å². The van der Waals surface area contributed by atoms with Crippen LogP contribution in [0, 0.1) is 0 Å². The maximum atomic E-state index is 10.3. The molecular formula is C13H18O3. The third kappa shape index (κ3) is 2.87. The van der Waals surface area contributed by atoms with Gasteiger partial charge in [-0.15, -0.1) is 0 Å². The molecule has 1 aromatic rings. The van der Waals surface area contributed by atoms with Crippen LogP contribution in [0.3, 0.4) is 0 Å². The van der Waals surface area contributed by atoms with Crippen LogP contribution in [0.25, 0.3) is 0 Å². The van der Waals surface area contributed by atoms with Crippen LogP contribution >= 0.6 is 0 Å². The molecule has 0 bridgehead atoms. The van der Waals surface area contributed by atoms with E-state index in [-0.39, 0.29) is 6.42 Å². The highest BCUT2D eigenvalue weighted by molar-refractivity contribution is 5.66. The van der Waals surface area contributed by atoms with Crippen molar-refractivity contribution in [1.29, 1.82) is 0 Å². The number of rotatable bonds is 5. The molecule has 1 aliphatic carbocycles. The number of furan rings is 1. The first kappa shape index (κ1) is 11.2. The Labute approximate surface area is 95.5 Å². The molecule has 0 amide bonds. The Morgan fingerprint density at radius 1 is 1.31 bits per heavy atom. The molecule has 1 aliphatic rings. The van der Waals surface area contributed by atoms with Crippen LogP contribution in [0.1, 0.15) is 49.2 Å². The number of carboxylic acid groups (broad SMARTS) is 1. The van der Waals surface area contributed by atoms with E-state index in [0.717, 1.165) is 37.9 Å². The molecule has 3 nitrogen and oxygen atoms in total. The molecule has 3 heteroatoms. The first-order chi connectivity index (χ1) is 7.75. The molecule has 1 aromatic heterocycles. The number of unbranched alkanes of at least 4 members (excludes halogenated alkanes) is 1. The molecule has 1 N–H and O–H groups in total. The van der Waals surface area contributed by atoms with Crippen molar-refractivity contribution in [2.75, 3.05) is 0 Å². The molecule has 0 saturated heterocycles. The van der Waals surface area contributed by atoms with Crippen LogP contribution in [-0.4, -0.2) is 11.1 Å². The minimum absolute atomic E-state index is 0.264. The van der Waals surface area contributed by atoms with Crippen LogP contribution < -0.4 is 0 Å². The highest BCUT2D eigenvalue weighted by atomic mass is 16.4. The lowest BCUT2D eigenvalue weighted by molar-refractivity contribution is -0.137. The van der Waals surface area contributed by atoms with E-state index < -0.39 is 5.97 Å². The summed E-state index contributed by atoms with van der Waals surface area (Å²) in [5.74, 6) is 1.50. The van der Waals surface area contributed by atoms with Gasteiger partial charge in [-0.25, -0.2) is 0 Å². The summed E-state index contributed by atoms with van der Waals surface area (Å²) in [6.07, 6.45) is 7.50. The van der Waals surface area contributed by atoms with Crippen molar-refractivity contribution >= 4 is 5.97 Å². The molecule has 16 heavy (non-hydrogen) atoms. The van der Waals surface area contributed by atoms with Gasteiger partial charge in [0.2, 0.25) is 0 Å². The fourth-order valence-corrected chi connectivity index (χ4v) is 2.25. The number of aryl methyl sites for hydroxylation is 3. The van der Waals surface area contributed by atoms with Crippen molar-refractivity contribution in [2.45, 2.75) is 51.4 Å². The monoisotopic (exact) mass is 222 g/mol. The van der Waals surface area contributed by atoms with E-state index in [1.807, 2.05) is 0 Å². The molecule has 0 fully saturated rings. The van der Waals surface area contributed by atoms with Gasteiger partial charge in [0.25, 0.3) is 0 Å². The van der Waals surface area contributed by atoms with Gasteiger partial charge in [-0.05, 0) is 43.7 Å². The molecule has 0 aliphatic heterocycles.